The highest BCUT2D eigenvalue weighted by Gasteiger charge is 2.12. The number of aryl methyl sites for hydroxylation is 3. The summed E-state index contributed by atoms with van der Waals surface area (Å²) in [6, 6.07) is 12.7. The Morgan fingerprint density at radius 2 is 1.68 bits per heavy atom. The van der Waals surface area contributed by atoms with Gasteiger partial charge in [-0.1, -0.05) is 30.3 Å². The minimum absolute atomic E-state index is 0.0158. The Morgan fingerprint density at radius 3 is 2.24 bits per heavy atom. The van der Waals surface area contributed by atoms with Gasteiger partial charge >= 0.3 is 0 Å². The molecule has 134 valence electrons. The van der Waals surface area contributed by atoms with Crippen LogP contribution in [0, 0.1) is 13.8 Å². The van der Waals surface area contributed by atoms with E-state index in [2.05, 4.69) is 37.4 Å². The summed E-state index contributed by atoms with van der Waals surface area (Å²) in [7, 11) is -3.20. The van der Waals surface area contributed by atoms with E-state index in [-0.39, 0.29) is 16.8 Å². The fourth-order valence-electron chi connectivity index (χ4n) is 2.62. The van der Waals surface area contributed by atoms with Crippen LogP contribution in [0.25, 0.3) is 0 Å². The van der Waals surface area contributed by atoms with Crippen LogP contribution >= 0.6 is 0 Å². The first kappa shape index (κ1) is 19.2. The van der Waals surface area contributed by atoms with Crippen molar-refractivity contribution in [1.29, 1.82) is 0 Å². The second kappa shape index (κ2) is 7.83. The zero-order chi connectivity index (χ0) is 18.6. The Hall–Kier alpha value is -2.14. The lowest BCUT2D eigenvalue weighted by Crippen LogP contribution is -2.26. The maximum atomic E-state index is 12.2. The van der Waals surface area contributed by atoms with E-state index < -0.39 is 9.84 Å². The molecule has 0 aliphatic carbocycles. The van der Waals surface area contributed by atoms with Crippen LogP contribution in [0.4, 0.5) is 0 Å². The molecular formula is C20H25NO3S. The SMILES string of the molecule is Cc1ccc(CCC(=O)N[C@H](C)c2ccc(S(C)(=O)=O)cc2)cc1C. The first-order chi connectivity index (χ1) is 11.7. The van der Waals surface area contributed by atoms with Crippen molar-refractivity contribution < 1.29 is 13.2 Å². The number of nitrogens with one attached hydrogen (secondary N) is 1. The molecule has 0 unspecified atom stereocenters. The Morgan fingerprint density at radius 1 is 1.04 bits per heavy atom. The average molecular weight is 359 g/mol. The summed E-state index contributed by atoms with van der Waals surface area (Å²) >= 11 is 0. The highest BCUT2D eigenvalue weighted by molar-refractivity contribution is 7.90. The van der Waals surface area contributed by atoms with E-state index in [9.17, 15) is 13.2 Å². The highest BCUT2D eigenvalue weighted by atomic mass is 32.2. The lowest BCUT2D eigenvalue weighted by Gasteiger charge is -2.15. The van der Waals surface area contributed by atoms with Crippen LogP contribution in [0.2, 0.25) is 0 Å². The van der Waals surface area contributed by atoms with Crippen molar-refractivity contribution >= 4 is 15.7 Å². The summed E-state index contributed by atoms with van der Waals surface area (Å²) in [6.45, 7) is 6.03. The van der Waals surface area contributed by atoms with Crippen LogP contribution < -0.4 is 5.32 Å². The molecule has 0 aliphatic rings. The van der Waals surface area contributed by atoms with Gasteiger partial charge in [0.15, 0.2) is 9.84 Å². The summed E-state index contributed by atoms with van der Waals surface area (Å²) in [5.74, 6) is -0.0158. The molecule has 25 heavy (non-hydrogen) atoms. The van der Waals surface area contributed by atoms with Crippen molar-refractivity contribution in [2.75, 3.05) is 6.26 Å². The fraction of sp³-hybridized carbons (Fsp3) is 0.350. The average Bonchev–Trinajstić information content (AvgIpc) is 2.55. The van der Waals surface area contributed by atoms with Gasteiger partial charge in [0, 0.05) is 12.7 Å². The number of amides is 1. The molecular weight excluding hydrogens is 334 g/mol. The van der Waals surface area contributed by atoms with Gasteiger partial charge in [-0.3, -0.25) is 4.79 Å². The zero-order valence-electron chi connectivity index (χ0n) is 15.2. The van der Waals surface area contributed by atoms with E-state index >= 15 is 0 Å². The summed E-state index contributed by atoms with van der Waals surface area (Å²) in [5.41, 5.74) is 4.52. The molecule has 1 N–H and O–H groups in total. The molecule has 5 heteroatoms. The molecule has 0 heterocycles. The first-order valence-electron chi connectivity index (χ1n) is 8.32. The van der Waals surface area contributed by atoms with Gasteiger partial charge in [0.1, 0.15) is 0 Å². The first-order valence-corrected chi connectivity index (χ1v) is 10.2. The van der Waals surface area contributed by atoms with Gasteiger partial charge in [0.05, 0.1) is 10.9 Å². The molecule has 0 radical (unpaired) electrons. The molecule has 0 saturated carbocycles. The molecule has 0 saturated heterocycles. The fourth-order valence-corrected chi connectivity index (χ4v) is 3.25. The lowest BCUT2D eigenvalue weighted by molar-refractivity contribution is -0.121. The minimum Gasteiger partial charge on any atom is -0.350 e. The quantitative estimate of drug-likeness (QED) is 0.858. The van der Waals surface area contributed by atoms with Gasteiger partial charge in [0.2, 0.25) is 5.91 Å². The van der Waals surface area contributed by atoms with Crippen LogP contribution in [-0.2, 0) is 21.1 Å². The number of sulfone groups is 1. The standard InChI is InChI=1S/C20H25NO3S/c1-14-5-6-17(13-15(14)2)7-12-20(22)21-16(3)18-8-10-19(11-9-18)25(4,23)24/h5-6,8-11,13,16H,7,12H2,1-4H3,(H,21,22)/t16-/m1/s1. The van der Waals surface area contributed by atoms with Gasteiger partial charge in [0.25, 0.3) is 0 Å². The summed E-state index contributed by atoms with van der Waals surface area (Å²) in [6.07, 6.45) is 2.31. The van der Waals surface area contributed by atoms with Crippen LogP contribution in [0.1, 0.15) is 41.6 Å². The number of benzene rings is 2. The molecule has 0 aromatic heterocycles. The third-order valence-corrected chi connectivity index (χ3v) is 5.53. The lowest BCUT2D eigenvalue weighted by atomic mass is 10.0. The van der Waals surface area contributed by atoms with E-state index in [1.807, 2.05) is 6.92 Å². The molecule has 0 bridgehead atoms. The Kier molecular flexibility index (Phi) is 6.01. The zero-order valence-corrected chi connectivity index (χ0v) is 16.0. The van der Waals surface area contributed by atoms with Crippen LogP contribution in [-0.4, -0.2) is 20.6 Å². The highest BCUT2D eigenvalue weighted by Crippen LogP contribution is 2.17. The molecule has 1 amide bonds. The van der Waals surface area contributed by atoms with E-state index in [1.54, 1.807) is 24.3 Å². The largest absolute Gasteiger partial charge is 0.350 e. The number of carbonyl (C=O) groups excluding carboxylic acids is 1. The second-order valence-electron chi connectivity index (χ2n) is 6.55. The third-order valence-electron chi connectivity index (χ3n) is 4.40. The van der Waals surface area contributed by atoms with E-state index in [4.69, 9.17) is 0 Å². The molecule has 2 rings (SSSR count). The van der Waals surface area contributed by atoms with Gasteiger partial charge in [-0.2, -0.15) is 0 Å². The Labute approximate surface area is 150 Å². The predicted molar refractivity (Wildman–Crippen MR) is 100 cm³/mol. The summed E-state index contributed by atoms with van der Waals surface area (Å²) < 4.78 is 23.0. The molecule has 4 nitrogen and oxygen atoms in total. The van der Waals surface area contributed by atoms with Crippen molar-refractivity contribution in [3.63, 3.8) is 0 Å². The number of hydrogen-bond acceptors (Lipinski definition) is 3. The van der Waals surface area contributed by atoms with Crippen LogP contribution in [0.15, 0.2) is 47.4 Å². The maximum absolute atomic E-state index is 12.2. The normalized spacial score (nSPS) is 12.6. The third kappa shape index (κ3) is 5.43. The minimum atomic E-state index is -3.20. The number of rotatable bonds is 6. The van der Waals surface area contributed by atoms with E-state index in [1.165, 1.54) is 17.4 Å². The Bertz CT molecular complexity index is 855. The van der Waals surface area contributed by atoms with Crippen molar-refractivity contribution in [3.05, 3.63) is 64.7 Å². The smallest absolute Gasteiger partial charge is 0.220 e. The summed E-state index contributed by atoms with van der Waals surface area (Å²) in [5, 5.41) is 2.96. The van der Waals surface area contributed by atoms with Gasteiger partial charge in [-0.15, -0.1) is 0 Å². The number of hydrogen-bond donors (Lipinski definition) is 1. The van der Waals surface area contributed by atoms with Crippen molar-refractivity contribution in [2.45, 2.75) is 44.6 Å². The molecule has 0 fully saturated rings. The molecule has 2 aromatic rings. The van der Waals surface area contributed by atoms with Crippen LogP contribution in [0.5, 0.6) is 0 Å². The monoisotopic (exact) mass is 359 g/mol. The van der Waals surface area contributed by atoms with Gasteiger partial charge < -0.3 is 5.32 Å². The molecule has 0 spiro atoms. The molecule has 0 aliphatic heterocycles. The van der Waals surface area contributed by atoms with E-state index in [0.717, 1.165) is 11.1 Å². The van der Waals surface area contributed by atoms with Crippen molar-refractivity contribution in [3.8, 4) is 0 Å². The topological polar surface area (TPSA) is 63.2 Å². The molecule has 2 aromatic carbocycles. The molecule has 1 atom stereocenters. The number of carbonyl (C=O) groups is 1. The van der Waals surface area contributed by atoms with Crippen molar-refractivity contribution in [1.82, 2.24) is 5.32 Å². The summed E-state index contributed by atoms with van der Waals surface area (Å²) in [4.78, 5) is 12.5. The van der Waals surface area contributed by atoms with E-state index in [0.29, 0.717) is 12.8 Å². The predicted octanol–water partition coefficient (Wildman–Crippen LogP) is 3.52. The maximum Gasteiger partial charge on any atom is 0.220 e. The van der Waals surface area contributed by atoms with Gasteiger partial charge in [-0.25, -0.2) is 8.42 Å². The second-order valence-corrected chi connectivity index (χ2v) is 8.56. The Balaban J connectivity index is 1.92. The van der Waals surface area contributed by atoms with Crippen molar-refractivity contribution in [2.24, 2.45) is 0 Å². The van der Waals surface area contributed by atoms with Crippen LogP contribution in [0.3, 0.4) is 0 Å². The van der Waals surface area contributed by atoms with Gasteiger partial charge in [-0.05, 0) is 61.6 Å².